The highest BCUT2D eigenvalue weighted by atomic mass is 31.1. The van der Waals surface area contributed by atoms with Crippen LogP contribution in [0.4, 0.5) is 0 Å². The van der Waals surface area contributed by atoms with E-state index in [1.165, 1.54) is 0 Å². The zero-order valence-corrected chi connectivity index (χ0v) is 15.1. The summed E-state index contributed by atoms with van der Waals surface area (Å²) in [5.41, 5.74) is 0. The summed E-state index contributed by atoms with van der Waals surface area (Å²) in [7, 11) is 0.802. The lowest BCUT2D eigenvalue weighted by atomic mass is 10.3. The van der Waals surface area contributed by atoms with E-state index < -0.39 is 0 Å². The van der Waals surface area contributed by atoms with Crippen molar-refractivity contribution in [1.82, 2.24) is 9.99 Å². The van der Waals surface area contributed by atoms with Gasteiger partial charge >= 0.3 is 0 Å². The second kappa shape index (κ2) is 12.9. The van der Waals surface area contributed by atoms with Crippen LogP contribution in [0.25, 0.3) is 0 Å². The SMILES string of the molecule is CC(C)N(PCCC#N)C(C)C.CC(C)NC(C)C. The number of hydrogen-bond donors (Lipinski definition) is 1. The zero-order valence-electron chi connectivity index (χ0n) is 14.1. The number of hydrogen-bond acceptors (Lipinski definition) is 3. The van der Waals surface area contributed by atoms with E-state index in [2.05, 4.69) is 71.4 Å². The van der Waals surface area contributed by atoms with Crippen LogP contribution in [0.1, 0.15) is 61.8 Å². The number of nitriles is 1. The van der Waals surface area contributed by atoms with Crippen molar-refractivity contribution in [3.63, 3.8) is 0 Å². The maximum absolute atomic E-state index is 8.39. The van der Waals surface area contributed by atoms with E-state index in [1.807, 2.05) is 0 Å². The summed E-state index contributed by atoms with van der Waals surface area (Å²) in [4.78, 5) is 0. The van der Waals surface area contributed by atoms with Crippen LogP contribution in [-0.4, -0.2) is 35.0 Å². The standard InChI is InChI=1S/C9H19N2P.C6H15N/c1-8(2)11(9(3)4)12-7-5-6-10;1-5(2)7-6(3)4/h8-9,12H,5,7H2,1-4H3;5-7H,1-4H3. The van der Waals surface area contributed by atoms with E-state index in [0.29, 0.717) is 30.6 Å². The molecule has 0 fully saturated rings. The summed E-state index contributed by atoms with van der Waals surface area (Å²) in [6, 6.07) is 4.63. The van der Waals surface area contributed by atoms with Gasteiger partial charge in [0.2, 0.25) is 0 Å². The topological polar surface area (TPSA) is 39.1 Å². The highest BCUT2D eigenvalue weighted by Crippen LogP contribution is 2.24. The molecule has 0 spiro atoms. The van der Waals surface area contributed by atoms with Gasteiger partial charge < -0.3 is 5.32 Å². The number of rotatable bonds is 7. The Hall–Kier alpha value is -0.160. The van der Waals surface area contributed by atoms with Gasteiger partial charge in [-0.1, -0.05) is 27.7 Å². The van der Waals surface area contributed by atoms with Crippen LogP contribution >= 0.6 is 8.73 Å². The van der Waals surface area contributed by atoms with E-state index in [1.54, 1.807) is 0 Å². The third-order valence-electron chi connectivity index (χ3n) is 2.31. The summed E-state index contributed by atoms with van der Waals surface area (Å²) < 4.78 is 2.44. The summed E-state index contributed by atoms with van der Waals surface area (Å²) in [5.74, 6) is 0. The van der Waals surface area contributed by atoms with Gasteiger partial charge in [0.1, 0.15) is 0 Å². The molecular weight excluding hydrogens is 253 g/mol. The van der Waals surface area contributed by atoms with Crippen molar-refractivity contribution in [2.45, 2.75) is 86.0 Å². The molecule has 0 aliphatic rings. The molecule has 0 saturated heterocycles. The molecule has 0 heterocycles. The van der Waals surface area contributed by atoms with Gasteiger partial charge in [0, 0.05) is 30.6 Å². The van der Waals surface area contributed by atoms with Crippen LogP contribution in [0, 0.1) is 11.3 Å². The van der Waals surface area contributed by atoms with Crippen LogP contribution in [0.3, 0.4) is 0 Å². The van der Waals surface area contributed by atoms with Gasteiger partial charge in [0.25, 0.3) is 0 Å². The van der Waals surface area contributed by atoms with Gasteiger partial charge in [0.15, 0.2) is 0 Å². The normalized spacial score (nSPS) is 11.8. The lowest BCUT2D eigenvalue weighted by Crippen LogP contribution is -2.29. The molecule has 0 aliphatic heterocycles. The molecule has 0 amide bonds. The van der Waals surface area contributed by atoms with Crippen molar-refractivity contribution in [1.29, 1.82) is 5.26 Å². The molecular formula is C15H34N3P. The Morgan fingerprint density at radius 2 is 1.37 bits per heavy atom. The highest BCUT2D eigenvalue weighted by molar-refractivity contribution is 7.35. The molecule has 4 heteroatoms. The Kier molecular flexibility index (Phi) is 14.3. The van der Waals surface area contributed by atoms with Crippen molar-refractivity contribution in [3.8, 4) is 6.07 Å². The smallest absolute Gasteiger partial charge is 0.0625 e. The summed E-state index contributed by atoms with van der Waals surface area (Å²) >= 11 is 0. The second-order valence-electron chi connectivity index (χ2n) is 5.89. The third kappa shape index (κ3) is 15.8. The fraction of sp³-hybridized carbons (Fsp3) is 0.933. The quantitative estimate of drug-likeness (QED) is 0.568. The summed E-state index contributed by atoms with van der Waals surface area (Å²) in [5, 5.41) is 11.7. The van der Waals surface area contributed by atoms with Gasteiger partial charge in [-0.2, -0.15) is 5.26 Å². The highest BCUT2D eigenvalue weighted by Gasteiger charge is 2.11. The molecule has 1 N–H and O–H groups in total. The van der Waals surface area contributed by atoms with Crippen molar-refractivity contribution in [3.05, 3.63) is 0 Å². The molecule has 114 valence electrons. The lowest BCUT2D eigenvalue weighted by molar-refractivity contribution is 0.328. The predicted octanol–water partition coefficient (Wildman–Crippen LogP) is 4.01. The summed E-state index contributed by atoms with van der Waals surface area (Å²) in [6.07, 6.45) is 1.71. The van der Waals surface area contributed by atoms with E-state index >= 15 is 0 Å². The van der Waals surface area contributed by atoms with Crippen LogP contribution in [0.5, 0.6) is 0 Å². The van der Waals surface area contributed by atoms with Crippen molar-refractivity contribution in [2.75, 3.05) is 6.16 Å². The average molecular weight is 287 g/mol. The Bertz CT molecular complexity index is 218. The number of nitrogens with one attached hydrogen (secondary N) is 1. The predicted molar refractivity (Wildman–Crippen MR) is 88.9 cm³/mol. The lowest BCUT2D eigenvalue weighted by Gasteiger charge is -2.29. The Morgan fingerprint density at radius 1 is 0.947 bits per heavy atom. The Labute approximate surface area is 123 Å². The molecule has 0 aromatic carbocycles. The summed E-state index contributed by atoms with van der Waals surface area (Å²) in [6.45, 7) is 17.4. The minimum atomic E-state index is 0.599. The first-order valence-electron chi connectivity index (χ1n) is 7.37. The monoisotopic (exact) mass is 287 g/mol. The molecule has 0 rings (SSSR count). The minimum absolute atomic E-state index is 0.599. The first-order chi connectivity index (χ1) is 8.72. The molecule has 0 aromatic rings. The fourth-order valence-corrected chi connectivity index (χ4v) is 3.08. The molecule has 0 aromatic heterocycles. The molecule has 0 aliphatic carbocycles. The maximum atomic E-state index is 8.39. The van der Waals surface area contributed by atoms with Gasteiger partial charge in [0.05, 0.1) is 6.07 Å². The maximum Gasteiger partial charge on any atom is 0.0625 e. The second-order valence-corrected chi connectivity index (χ2v) is 7.22. The first kappa shape index (κ1) is 21.1. The van der Waals surface area contributed by atoms with Gasteiger partial charge in [-0.3, -0.25) is 4.67 Å². The average Bonchev–Trinajstić information content (AvgIpc) is 2.22. The zero-order chi connectivity index (χ0) is 15.4. The Morgan fingerprint density at radius 3 is 1.58 bits per heavy atom. The number of nitrogens with zero attached hydrogens (tertiary/aromatic N) is 2. The van der Waals surface area contributed by atoms with E-state index in [0.717, 1.165) is 14.9 Å². The molecule has 0 saturated carbocycles. The molecule has 3 nitrogen and oxygen atoms in total. The van der Waals surface area contributed by atoms with Gasteiger partial charge in [-0.25, -0.2) is 0 Å². The van der Waals surface area contributed by atoms with Crippen molar-refractivity contribution >= 4 is 8.73 Å². The van der Waals surface area contributed by atoms with Gasteiger partial charge in [-0.05, 0) is 42.6 Å². The molecule has 19 heavy (non-hydrogen) atoms. The van der Waals surface area contributed by atoms with Crippen LogP contribution in [-0.2, 0) is 0 Å². The molecule has 1 atom stereocenters. The van der Waals surface area contributed by atoms with Crippen molar-refractivity contribution in [2.24, 2.45) is 0 Å². The first-order valence-corrected chi connectivity index (χ1v) is 8.52. The largest absolute Gasteiger partial charge is 0.312 e. The van der Waals surface area contributed by atoms with Crippen LogP contribution < -0.4 is 5.32 Å². The van der Waals surface area contributed by atoms with E-state index in [9.17, 15) is 0 Å². The van der Waals surface area contributed by atoms with E-state index in [-0.39, 0.29) is 0 Å². The fourth-order valence-electron chi connectivity index (χ4n) is 1.87. The minimum Gasteiger partial charge on any atom is -0.312 e. The van der Waals surface area contributed by atoms with Gasteiger partial charge in [-0.15, -0.1) is 0 Å². The van der Waals surface area contributed by atoms with Crippen LogP contribution in [0.15, 0.2) is 0 Å². The Balaban J connectivity index is 0. The molecule has 0 radical (unpaired) electrons. The third-order valence-corrected chi connectivity index (χ3v) is 4.18. The van der Waals surface area contributed by atoms with E-state index in [4.69, 9.17) is 5.26 Å². The molecule has 0 bridgehead atoms. The van der Waals surface area contributed by atoms with Crippen LogP contribution in [0.2, 0.25) is 0 Å². The molecule has 1 unspecified atom stereocenters. The van der Waals surface area contributed by atoms with Crippen molar-refractivity contribution < 1.29 is 0 Å².